The van der Waals surface area contributed by atoms with Crippen molar-refractivity contribution < 1.29 is 0 Å². The van der Waals surface area contributed by atoms with Gasteiger partial charge in [0.2, 0.25) is 0 Å². The minimum absolute atomic E-state index is 0.246. The summed E-state index contributed by atoms with van der Waals surface area (Å²) in [4.78, 5) is 3.86. The summed E-state index contributed by atoms with van der Waals surface area (Å²) in [6, 6.07) is 3.81. The topological polar surface area (TPSA) is 37.0 Å². The zero-order valence-electron chi connectivity index (χ0n) is 6.76. The van der Waals surface area contributed by atoms with Crippen molar-refractivity contribution in [1.82, 2.24) is 10.3 Å². The molecule has 11 heavy (non-hydrogen) atoms. The number of aromatic nitrogens is 1. The molecule has 1 radical (unpaired) electrons. The van der Waals surface area contributed by atoms with Crippen LogP contribution in [-0.4, -0.2) is 18.2 Å². The minimum atomic E-state index is 0.246. The molecule has 0 aromatic carbocycles. The predicted molar refractivity (Wildman–Crippen MR) is 45.2 cm³/mol. The normalized spacial score (nSPS) is 12.5. The molecule has 0 aliphatic rings. The van der Waals surface area contributed by atoms with Crippen molar-refractivity contribution in [3.8, 4) is 0 Å². The highest BCUT2D eigenvalue weighted by Gasteiger charge is 1.95. The van der Waals surface area contributed by atoms with Crippen molar-refractivity contribution in [3.63, 3.8) is 0 Å². The van der Waals surface area contributed by atoms with E-state index in [1.807, 2.05) is 26.1 Å². The first-order valence-electron chi connectivity index (χ1n) is 3.59. The summed E-state index contributed by atoms with van der Waals surface area (Å²) in [5.41, 5.74) is 0.911. The molecule has 1 rings (SSSR count). The van der Waals surface area contributed by atoms with Crippen molar-refractivity contribution in [2.45, 2.75) is 13.1 Å². The molecule has 0 aliphatic heterocycles. The van der Waals surface area contributed by atoms with E-state index in [0.717, 1.165) is 5.69 Å². The third-order valence-electron chi connectivity index (χ3n) is 1.41. The Bertz CT molecular complexity index is 198. The zero-order valence-corrected chi connectivity index (χ0v) is 6.76. The Kier molecular flexibility index (Phi) is 2.86. The summed E-state index contributed by atoms with van der Waals surface area (Å²) in [5.74, 6) is 0. The Balaban J connectivity index is 2.51. The van der Waals surface area contributed by atoms with Gasteiger partial charge >= 0.3 is 0 Å². The molecule has 0 saturated heterocycles. The fourth-order valence-electron chi connectivity index (χ4n) is 0.712. The van der Waals surface area contributed by atoms with Crippen LogP contribution in [-0.2, 0) is 0 Å². The molecule has 0 saturated carbocycles. The van der Waals surface area contributed by atoms with Crippen LogP contribution in [0.1, 0.15) is 6.92 Å². The maximum atomic E-state index is 3.86. The van der Waals surface area contributed by atoms with E-state index >= 15 is 0 Å². The van der Waals surface area contributed by atoms with E-state index in [-0.39, 0.29) is 6.17 Å². The van der Waals surface area contributed by atoms with E-state index in [1.54, 1.807) is 6.20 Å². The largest absolute Gasteiger partial charge is 0.368 e. The molecule has 1 aromatic heterocycles. The summed E-state index contributed by atoms with van der Waals surface area (Å²) >= 11 is 0. The van der Waals surface area contributed by atoms with Gasteiger partial charge in [-0.1, -0.05) is 0 Å². The van der Waals surface area contributed by atoms with Gasteiger partial charge in [-0.05, 0) is 26.1 Å². The molecule has 3 heteroatoms. The van der Waals surface area contributed by atoms with Crippen molar-refractivity contribution in [2.24, 2.45) is 0 Å². The van der Waals surface area contributed by atoms with Crippen LogP contribution in [0, 0.1) is 6.20 Å². The van der Waals surface area contributed by atoms with Gasteiger partial charge in [0.25, 0.3) is 0 Å². The van der Waals surface area contributed by atoms with Crippen molar-refractivity contribution in [1.29, 1.82) is 0 Å². The van der Waals surface area contributed by atoms with Gasteiger partial charge in [0.1, 0.15) is 6.20 Å². The maximum Gasteiger partial charge on any atom is 0.114 e. The number of anilines is 1. The van der Waals surface area contributed by atoms with E-state index in [4.69, 9.17) is 0 Å². The average Bonchev–Trinajstić information content (AvgIpc) is 2.06. The number of pyridine rings is 1. The van der Waals surface area contributed by atoms with Crippen molar-refractivity contribution >= 4 is 5.69 Å². The van der Waals surface area contributed by atoms with E-state index in [1.165, 1.54) is 0 Å². The second-order valence-electron chi connectivity index (χ2n) is 2.32. The van der Waals surface area contributed by atoms with Gasteiger partial charge in [-0.15, -0.1) is 0 Å². The highest BCUT2D eigenvalue weighted by Crippen LogP contribution is 2.01. The second kappa shape index (κ2) is 3.93. The van der Waals surface area contributed by atoms with Crippen molar-refractivity contribution in [3.05, 3.63) is 24.5 Å². The molecular formula is C8H12N3. The number of nitrogens with zero attached hydrogens (tertiary/aromatic N) is 1. The van der Waals surface area contributed by atoms with Crippen LogP contribution < -0.4 is 10.6 Å². The standard InChI is InChI=1S/C8H12N3/c1-7(9-2)11-8-4-3-5-10-6-8/h3-5,7,9,11H,1-2H3. The molecule has 0 bridgehead atoms. The quantitative estimate of drug-likeness (QED) is 0.627. The van der Waals surface area contributed by atoms with Gasteiger partial charge in [-0.3, -0.25) is 4.98 Å². The van der Waals surface area contributed by atoms with Crippen LogP contribution >= 0.6 is 0 Å². The first-order valence-corrected chi connectivity index (χ1v) is 3.59. The summed E-state index contributed by atoms with van der Waals surface area (Å²) in [5, 5.41) is 6.22. The zero-order chi connectivity index (χ0) is 8.10. The van der Waals surface area contributed by atoms with E-state index in [0.29, 0.717) is 0 Å². The fraction of sp³-hybridized carbons (Fsp3) is 0.375. The monoisotopic (exact) mass is 150 g/mol. The summed E-state index contributed by atoms with van der Waals surface area (Å²) in [6.45, 7) is 2.03. The summed E-state index contributed by atoms with van der Waals surface area (Å²) in [6.07, 6.45) is 4.78. The lowest BCUT2D eigenvalue weighted by molar-refractivity contribution is 0.682. The maximum absolute atomic E-state index is 3.86. The Morgan fingerprint density at radius 3 is 3.00 bits per heavy atom. The van der Waals surface area contributed by atoms with Crippen LogP contribution in [0.2, 0.25) is 0 Å². The molecule has 0 amide bonds. The van der Waals surface area contributed by atoms with Crippen LogP contribution in [0.5, 0.6) is 0 Å². The van der Waals surface area contributed by atoms with Crippen LogP contribution in [0.25, 0.3) is 0 Å². The molecule has 0 fully saturated rings. The Morgan fingerprint density at radius 2 is 2.45 bits per heavy atom. The molecule has 59 valence electrons. The lowest BCUT2D eigenvalue weighted by atomic mass is 10.4. The Labute approximate surface area is 66.8 Å². The number of hydrogen-bond acceptors (Lipinski definition) is 3. The molecule has 1 atom stereocenters. The minimum Gasteiger partial charge on any atom is -0.368 e. The third-order valence-corrected chi connectivity index (χ3v) is 1.41. The van der Waals surface area contributed by atoms with Gasteiger partial charge in [-0.2, -0.15) is 0 Å². The summed E-state index contributed by atoms with van der Waals surface area (Å²) < 4.78 is 0. The first-order chi connectivity index (χ1) is 5.33. The highest BCUT2D eigenvalue weighted by atomic mass is 15.1. The van der Waals surface area contributed by atoms with Gasteiger partial charge in [0.05, 0.1) is 11.9 Å². The predicted octanol–water partition coefficient (Wildman–Crippen LogP) is 0.859. The smallest absolute Gasteiger partial charge is 0.114 e. The number of hydrogen-bond donors (Lipinski definition) is 2. The molecular weight excluding hydrogens is 138 g/mol. The second-order valence-corrected chi connectivity index (χ2v) is 2.32. The molecule has 0 aliphatic carbocycles. The van der Waals surface area contributed by atoms with Gasteiger partial charge < -0.3 is 10.6 Å². The van der Waals surface area contributed by atoms with Gasteiger partial charge in [0.15, 0.2) is 0 Å². The van der Waals surface area contributed by atoms with Gasteiger partial charge in [-0.25, -0.2) is 0 Å². The lowest BCUT2D eigenvalue weighted by Gasteiger charge is -2.12. The van der Waals surface area contributed by atoms with Crippen molar-refractivity contribution in [2.75, 3.05) is 12.4 Å². The van der Waals surface area contributed by atoms with E-state index in [9.17, 15) is 0 Å². The fourth-order valence-corrected chi connectivity index (χ4v) is 0.712. The van der Waals surface area contributed by atoms with E-state index in [2.05, 4.69) is 21.8 Å². The van der Waals surface area contributed by atoms with Crippen LogP contribution in [0.3, 0.4) is 0 Å². The Hall–Kier alpha value is -1.09. The lowest BCUT2D eigenvalue weighted by Crippen LogP contribution is -2.29. The summed E-state index contributed by atoms with van der Waals surface area (Å²) in [7, 11) is 1.90. The van der Waals surface area contributed by atoms with Crippen LogP contribution in [0.15, 0.2) is 18.3 Å². The highest BCUT2D eigenvalue weighted by molar-refractivity contribution is 5.39. The average molecular weight is 150 g/mol. The SMILES string of the molecule is CNC(C)Nc1[c]nccc1. The molecule has 0 spiro atoms. The molecule has 1 aromatic rings. The molecule has 1 heterocycles. The van der Waals surface area contributed by atoms with E-state index < -0.39 is 0 Å². The number of nitrogens with one attached hydrogen (secondary N) is 2. The third kappa shape index (κ3) is 2.55. The Morgan fingerprint density at radius 1 is 1.64 bits per heavy atom. The molecule has 1 unspecified atom stereocenters. The van der Waals surface area contributed by atoms with Gasteiger partial charge in [0, 0.05) is 6.20 Å². The number of rotatable bonds is 3. The van der Waals surface area contributed by atoms with Crippen LogP contribution in [0.4, 0.5) is 5.69 Å². The first kappa shape index (κ1) is 8.01. The molecule has 3 nitrogen and oxygen atoms in total. The molecule has 2 N–H and O–H groups in total.